The van der Waals surface area contributed by atoms with E-state index in [0.29, 0.717) is 13.0 Å². The molecule has 1 amide bonds. The van der Waals surface area contributed by atoms with Gasteiger partial charge in [-0.3, -0.25) is 4.79 Å². The minimum atomic E-state index is 0.0600. The van der Waals surface area contributed by atoms with Gasteiger partial charge in [-0.25, -0.2) is 0 Å². The average molecular weight is 188 g/mol. The summed E-state index contributed by atoms with van der Waals surface area (Å²) in [7, 11) is 3.32. The number of carbonyl (C=O) groups excluding carboxylic acids is 1. The molecular weight excluding hydrogens is 168 g/mol. The van der Waals surface area contributed by atoms with Crippen molar-refractivity contribution in [3.63, 3.8) is 0 Å². The number of amides is 1. The van der Waals surface area contributed by atoms with Crippen LogP contribution in [-0.4, -0.2) is 38.8 Å². The molecule has 0 saturated heterocycles. The van der Waals surface area contributed by atoms with E-state index in [9.17, 15) is 4.79 Å². The maximum absolute atomic E-state index is 10.9. The van der Waals surface area contributed by atoms with Crippen molar-refractivity contribution in [1.82, 2.24) is 10.6 Å². The Balaban J connectivity index is 3.47. The number of hydrogen-bond donors (Lipinski definition) is 2. The van der Waals surface area contributed by atoms with E-state index in [2.05, 4.69) is 10.6 Å². The van der Waals surface area contributed by atoms with E-state index in [1.807, 2.05) is 13.8 Å². The smallest absolute Gasteiger partial charge is 0.221 e. The molecule has 0 rings (SSSR count). The topological polar surface area (TPSA) is 50.4 Å². The van der Waals surface area contributed by atoms with Crippen molar-refractivity contribution in [3.05, 3.63) is 0 Å². The Labute approximate surface area is 80.0 Å². The first kappa shape index (κ1) is 12.4. The van der Waals surface area contributed by atoms with Crippen LogP contribution in [0.1, 0.15) is 20.3 Å². The molecule has 0 aliphatic heterocycles. The molecule has 0 saturated carbocycles. The van der Waals surface area contributed by atoms with Gasteiger partial charge in [0.15, 0.2) is 0 Å². The van der Waals surface area contributed by atoms with Crippen LogP contribution in [0.4, 0.5) is 0 Å². The fourth-order valence-corrected chi connectivity index (χ4v) is 0.908. The minimum Gasteiger partial charge on any atom is -0.380 e. The van der Waals surface area contributed by atoms with Gasteiger partial charge < -0.3 is 15.4 Å². The second-order valence-electron chi connectivity index (χ2n) is 3.11. The molecule has 13 heavy (non-hydrogen) atoms. The Morgan fingerprint density at radius 3 is 2.54 bits per heavy atom. The van der Waals surface area contributed by atoms with Crippen LogP contribution in [0.15, 0.2) is 0 Å². The molecule has 0 aliphatic rings. The zero-order valence-corrected chi connectivity index (χ0v) is 8.89. The van der Waals surface area contributed by atoms with Crippen LogP contribution >= 0.6 is 0 Å². The first-order valence-corrected chi connectivity index (χ1v) is 4.58. The van der Waals surface area contributed by atoms with E-state index in [1.165, 1.54) is 0 Å². The summed E-state index contributed by atoms with van der Waals surface area (Å²) < 4.78 is 5.13. The molecule has 4 heteroatoms. The van der Waals surface area contributed by atoms with Crippen molar-refractivity contribution in [1.29, 1.82) is 0 Å². The van der Waals surface area contributed by atoms with Crippen LogP contribution in [0.3, 0.4) is 0 Å². The van der Waals surface area contributed by atoms with Gasteiger partial charge in [-0.15, -0.1) is 0 Å². The molecule has 0 aliphatic carbocycles. The van der Waals surface area contributed by atoms with E-state index in [1.54, 1.807) is 14.2 Å². The largest absolute Gasteiger partial charge is 0.380 e. The fraction of sp³-hybridized carbons (Fsp3) is 0.889. The maximum atomic E-state index is 10.9. The number of carbonyl (C=O) groups is 1. The van der Waals surface area contributed by atoms with Crippen LogP contribution in [-0.2, 0) is 9.53 Å². The van der Waals surface area contributed by atoms with Crippen LogP contribution in [0.2, 0.25) is 0 Å². The molecule has 2 unspecified atom stereocenters. The Morgan fingerprint density at radius 1 is 1.46 bits per heavy atom. The fourth-order valence-electron chi connectivity index (χ4n) is 0.908. The minimum absolute atomic E-state index is 0.0600. The van der Waals surface area contributed by atoms with Crippen molar-refractivity contribution in [2.45, 2.75) is 32.4 Å². The zero-order valence-electron chi connectivity index (χ0n) is 8.89. The van der Waals surface area contributed by atoms with E-state index < -0.39 is 0 Å². The average Bonchev–Trinajstić information content (AvgIpc) is 2.15. The molecule has 0 aromatic carbocycles. The highest BCUT2D eigenvalue weighted by molar-refractivity contribution is 5.75. The summed E-state index contributed by atoms with van der Waals surface area (Å²) >= 11 is 0. The van der Waals surface area contributed by atoms with Gasteiger partial charge in [0.1, 0.15) is 0 Å². The summed E-state index contributed by atoms with van der Waals surface area (Å²) in [5.74, 6) is 0.0600. The van der Waals surface area contributed by atoms with Crippen LogP contribution in [0, 0.1) is 0 Å². The lowest BCUT2D eigenvalue weighted by Gasteiger charge is -2.19. The molecule has 0 radical (unpaired) electrons. The summed E-state index contributed by atoms with van der Waals surface area (Å²) in [5.41, 5.74) is 0. The second kappa shape index (κ2) is 6.86. The molecule has 2 atom stereocenters. The van der Waals surface area contributed by atoms with Crippen LogP contribution < -0.4 is 10.6 Å². The van der Waals surface area contributed by atoms with Crippen molar-refractivity contribution in [2.75, 3.05) is 20.7 Å². The number of nitrogens with one attached hydrogen (secondary N) is 2. The van der Waals surface area contributed by atoms with Gasteiger partial charge in [-0.2, -0.15) is 0 Å². The van der Waals surface area contributed by atoms with E-state index in [4.69, 9.17) is 4.74 Å². The normalized spacial score (nSPS) is 15.1. The molecule has 0 aromatic rings. The van der Waals surface area contributed by atoms with Gasteiger partial charge in [0.05, 0.1) is 6.10 Å². The Hall–Kier alpha value is -0.610. The highest BCUT2D eigenvalue weighted by Crippen LogP contribution is 1.95. The summed E-state index contributed by atoms with van der Waals surface area (Å²) in [6, 6.07) is 0.273. The lowest BCUT2D eigenvalue weighted by Crippen LogP contribution is -2.38. The first-order chi connectivity index (χ1) is 6.11. The predicted molar refractivity (Wildman–Crippen MR) is 52.6 cm³/mol. The maximum Gasteiger partial charge on any atom is 0.221 e. The molecule has 0 aromatic heterocycles. The number of methoxy groups -OCH3 is 1. The second-order valence-corrected chi connectivity index (χ2v) is 3.11. The van der Waals surface area contributed by atoms with Crippen LogP contribution in [0.5, 0.6) is 0 Å². The highest BCUT2D eigenvalue weighted by atomic mass is 16.5. The van der Waals surface area contributed by atoms with Crippen molar-refractivity contribution >= 4 is 5.91 Å². The lowest BCUT2D eigenvalue weighted by atomic mass is 10.2. The molecule has 4 nitrogen and oxygen atoms in total. The van der Waals surface area contributed by atoms with E-state index >= 15 is 0 Å². The third kappa shape index (κ3) is 5.60. The third-order valence-corrected chi connectivity index (χ3v) is 2.17. The summed E-state index contributed by atoms with van der Waals surface area (Å²) in [6.45, 7) is 4.73. The van der Waals surface area contributed by atoms with Crippen LogP contribution in [0.25, 0.3) is 0 Å². The molecule has 0 heterocycles. The van der Waals surface area contributed by atoms with E-state index in [0.717, 1.165) is 0 Å². The van der Waals surface area contributed by atoms with Gasteiger partial charge in [0.25, 0.3) is 0 Å². The number of rotatable bonds is 6. The highest BCUT2D eigenvalue weighted by Gasteiger charge is 2.09. The zero-order chi connectivity index (χ0) is 10.3. The number of hydrogen-bond acceptors (Lipinski definition) is 3. The predicted octanol–water partition coefficient (Wildman–Crippen LogP) is 0.136. The first-order valence-electron chi connectivity index (χ1n) is 4.58. The standard InChI is InChI=1S/C9H20N2O2/c1-7(8(2)13-4)11-6-5-9(12)10-3/h7-8,11H,5-6H2,1-4H3,(H,10,12). The molecule has 78 valence electrons. The van der Waals surface area contributed by atoms with E-state index in [-0.39, 0.29) is 18.1 Å². The van der Waals surface area contributed by atoms with Gasteiger partial charge in [-0.1, -0.05) is 0 Å². The summed E-state index contributed by atoms with van der Waals surface area (Å²) in [4.78, 5) is 10.9. The Morgan fingerprint density at radius 2 is 2.08 bits per heavy atom. The van der Waals surface area contributed by atoms with Gasteiger partial charge in [0.2, 0.25) is 5.91 Å². The molecule has 0 spiro atoms. The Bertz CT molecular complexity index is 151. The lowest BCUT2D eigenvalue weighted by molar-refractivity contribution is -0.120. The van der Waals surface area contributed by atoms with Crippen molar-refractivity contribution in [2.24, 2.45) is 0 Å². The monoisotopic (exact) mass is 188 g/mol. The molecule has 0 bridgehead atoms. The number of ether oxygens (including phenoxy) is 1. The van der Waals surface area contributed by atoms with Gasteiger partial charge >= 0.3 is 0 Å². The molecule has 2 N–H and O–H groups in total. The van der Waals surface area contributed by atoms with Crippen molar-refractivity contribution in [3.8, 4) is 0 Å². The SMILES string of the molecule is CNC(=O)CCNC(C)C(C)OC. The molecular formula is C9H20N2O2. The van der Waals surface area contributed by atoms with Gasteiger partial charge in [0, 0.05) is 33.2 Å². The van der Waals surface area contributed by atoms with Gasteiger partial charge in [-0.05, 0) is 13.8 Å². The van der Waals surface area contributed by atoms with Crippen molar-refractivity contribution < 1.29 is 9.53 Å². The quantitative estimate of drug-likeness (QED) is 0.623. The Kier molecular flexibility index (Phi) is 6.54. The summed E-state index contributed by atoms with van der Waals surface area (Å²) in [5, 5.41) is 5.78. The molecule has 0 fully saturated rings. The third-order valence-electron chi connectivity index (χ3n) is 2.17. The summed E-state index contributed by atoms with van der Waals surface area (Å²) in [6.07, 6.45) is 0.682.